The number of rotatable bonds is 6. The Kier molecular flexibility index (Phi) is 6.81. The van der Waals surface area contributed by atoms with Crippen LogP contribution in [0.4, 0.5) is 0 Å². The number of hydrogen-bond donors (Lipinski definition) is 5. The molecule has 44 heavy (non-hydrogen) atoms. The van der Waals surface area contributed by atoms with E-state index in [1.807, 2.05) is 29.1 Å². The molecule has 0 radical (unpaired) electrons. The van der Waals surface area contributed by atoms with Gasteiger partial charge in [-0.25, -0.2) is 0 Å². The van der Waals surface area contributed by atoms with Gasteiger partial charge < -0.3 is 49.0 Å². The van der Waals surface area contributed by atoms with Crippen molar-refractivity contribution in [3.8, 4) is 17.2 Å². The summed E-state index contributed by atoms with van der Waals surface area (Å²) in [5, 5.41) is 56.0. The number of ketones is 2. The van der Waals surface area contributed by atoms with Gasteiger partial charge in [0.2, 0.25) is 0 Å². The Hall–Kier alpha value is -3.52. The van der Waals surface area contributed by atoms with Crippen molar-refractivity contribution in [1.82, 2.24) is 4.57 Å². The van der Waals surface area contributed by atoms with E-state index in [1.54, 1.807) is 19.1 Å². The third-order valence-electron chi connectivity index (χ3n) is 10.1. The van der Waals surface area contributed by atoms with E-state index in [2.05, 4.69) is 0 Å². The second-order valence-corrected chi connectivity index (χ2v) is 12.4. The number of carbonyl (C=O) groups excluding carboxylic acids is 2. The van der Waals surface area contributed by atoms with Crippen molar-refractivity contribution >= 4 is 22.3 Å². The molecule has 3 fully saturated rings. The second-order valence-electron chi connectivity index (χ2n) is 12.4. The maximum atomic E-state index is 14.4. The monoisotopic (exact) mass is 609 g/mol. The van der Waals surface area contributed by atoms with Gasteiger partial charge in [-0.3, -0.25) is 9.59 Å². The molecule has 4 aliphatic rings. The Morgan fingerprint density at radius 3 is 2.41 bits per heavy atom. The van der Waals surface area contributed by atoms with Crippen LogP contribution in [0.1, 0.15) is 52.9 Å². The number of aliphatic hydroxyl groups is 3. The number of aliphatic hydroxyl groups excluding tert-OH is 2. The lowest BCUT2D eigenvalue weighted by atomic mass is 9.59. The molecular weight excluding hydrogens is 574 g/mol. The smallest absolute Gasteiger partial charge is 0.173 e. The second kappa shape index (κ2) is 10.3. The molecule has 3 heterocycles. The highest BCUT2D eigenvalue weighted by molar-refractivity contribution is 6.23. The number of phenols is 2. The SMILES string of the molecule is COc1cccc2c(O)c3c(c(O)c12)C(=O)C1C(C[C@@](O)(C2(CO)CO2)C[C@@H]1OC1CC(n2cccc2)C(O)C(C)O1)C3=O. The van der Waals surface area contributed by atoms with Gasteiger partial charge in [-0.2, -0.15) is 0 Å². The highest BCUT2D eigenvalue weighted by atomic mass is 16.7. The third-order valence-corrected chi connectivity index (χ3v) is 10.1. The Morgan fingerprint density at radius 2 is 1.75 bits per heavy atom. The molecule has 1 saturated carbocycles. The van der Waals surface area contributed by atoms with Gasteiger partial charge in [-0.05, 0) is 31.5 Å². The van der Waals surface area contributed by atoms with Crippen LogP contribution in [-0.2, 0) is 14.2 Å². The topological polar surface area (TPSA) is 180 Å². The van der Waals surface area contributed by atoms with Crippen molar-refractivity contribution in [3.63, 3.8) is 0 Å². The summed E-state index contributed by atoms with van der Waals surface area (Å²) in [6, 6.07) is 7.94. The number of fused-ring (bicyclic) bond motifs is 3. The fourth-order valence-electron chi connectivity index (χ4n) is 7.65. The van der Waals surface area contributed by atoms with Gasteiger partial charge in [0.1, 0.15) is 34.6 Å². The van der Waals surface area contributed by atoms with Crippen LogP contribution < -0.4 is 4.74 Å². The number of aromatic hydroxyl groups is 2. The van der Waals surface area contributed by atoms with Crippen LogP contribution in [0.15, 0.2) is 42.7 Å². The standard InChI is InChI=1S/C32H35NO11/c1-15-26(35)18(33-8-3-4-9-33)10-21(43-15)44-20-12-31(40,32(13-34)14-42-32)11-17-23(20)30(39)25-24(28(17)37)27(36)16-6-5-7-19(41-2)22(16)29(25)38/h3-9,15,17-18,20-21,23,26,34-36,38,40H,10-14H2,1-2H3/t15?,17?,18?,20-,21?,23?,26?,31-,32?/m0/s1. The lowest BCUT2D eigenvalue weighted by Crippen LogP contribution is -2.61. The molecule has 2 aliphatic carbocycles. The zero-order valence-electron chi connectivity index (χ0n) is 24.3. The first kappa shape index (κ1) is 29.2. The maximum absolute atomic E-state index is 14.4. The first-order chi connectivity index (χ1) is 21.0. The molecule has 2 saturated heterocycles. The van der Waals surface area contributed by atoms with E-state index >= 15 is 0 Å². The predicted molar refractivity (Wildman–Crippen MR) is 153 cm³/mol. The van der Waals surface area contributed by atoms with Crippen LogP contribution in [0, 0.1) is 11.8 Å². The van der Waals surface area contributed by atoms with Gasteiger partial charge in [0.05, 0.1) is 61.0 Å². The zero-order chi connectivity index (χ0) is 31.1. The molecule has 0 bridgehead atoms. The number of ether oxygens (including phenoxy) is 4. The van der Waals surface area contributed by atoms with E-state index in [4.69, 9.17) is 18.9 Å². The Bertz CT molecular complexity index is 1630. The number of methoxy groups -OCH3 is 1. The fourth-order valence-corrected chi connectivity index (χ4v) is 7.65. The van der Waals surface area contributed by atoms with Gasteiger partial charge in [0.15, 0.2) is 17.9 Å². The first-order valence-electron chi connectivity index (χ1n) is 14.8. The number of nitrogens with zero attached hydrogens (tertiary/aromatic N) is 1. The van der Waals surface area contributed by atoms with Crippen molar-refractivity contribution < 1.29 is 54.1 Å². The van der Waals surface area contributed by atoms with E-state index in [1.165, 1.54) is 13.2 Å². The lowest BCUT2D eigenvalue weighted by molar-refractivity contribution is -0.265. The highest BCUT2D eigenvalue weighted by Gasteiger charge is 2.67. The van der Waals surface area contributed by atoms with Crippen molar-refractivity contribution in [2.75, 3.05) is 20.3 Å². The summed E-state index contributed by atoms with van der Waals surface area (Å²) in [5.41, 5.74) is -3.75. The molecule has 0 spiro atoms. The normalized spacial score (nSPS) is 36.6. The highest BCUT2D eigenvalue weighted by Crippen LogP contribution is 2.56. The number of Topliss-reactive ketones (excluding diaryl/α,β-unsaturated/α-hetero) is 2. The van der Waals surface area contributed by atoms with Crippen LogP contribution in [0.5, 0.6) is 17.2 Å². The molecule has 9 atom stereocenters. The number of aromatic nitrogens is 1. The van der Waals surface area contributed by atoms with Crippen LogP contribution in [-0.4, -0.2) is 97.8 Å². The molecule has 0 amide bonds. The van der Waals surface area contributed by atoms with E-state index in [9.17, 15) is 35.1 Å². The predicted octanol–water partition coefficient (Wildman–Crippen LogP) is 2.08. The third kappa shape index (κ3) is 4.12. The molecule has 12 heteroatoms. The number of hydrogen-bond acceptors (Lipinski definition) is 11. The molecule has 7 rings (SSSR count). The van der Waals surface area contributed by atoms with Gasteiger partial charge in [0, 0.05) is 36.5 Å². The molecule has 7 unspecified atom stereocenters. The minimum Gasteiger partial charge on any atom is -0.507 e. The summed E-state index contributed by atoms with van der Waals surface area (Å²) >= 11 is 0. The molecule has 2 aromatic carbocycles. The number of carbonyl (C=O) groups is 2. The maximum Gasteiger partial charge on any atom is 0.173 e. The van der Waals surface area contributed by atoms with Crippen molar-refractivity contribution in [1.29, 1.82) is 0 Å². The van der Waals surface area contributed by atoms with Crippen molar-refractivity contribution in [2.45, 2.75) is 68.0 Å². The van der Waals surface area contributed by atoms with E-state index in [0.717, 1.165) is 0 Å². The molecule has 3 aromatic rings. The number of epoxide rings is 1. The summed E-state index contributed by atoms with van der Waals surface area (Å²) < 4.78 is 25.3. The summed E-state index contributed by atoms with van der Waals surface area (Å²) in [4.78, 5) is 28.6. The molecule has 234 valence electrons. The summed E-state index contributed by atoms with van der Waals surface area (Å²) in [6.45, 7) is 1.25. The molecule has 1 aromatic heterocycles. The Labute approximate surface area is 252 Å². The van der Waals surface area contributed by atoms with Crippen LogP contribution in [0.25, 0.3) is 10.8 Å². The quantitative estimate of drug-likeness (QED) is 0.204. The van der Waals surface area contributed by atoms with Crippen LogP contribution in [0.3, 0.4) is 0 Å². The molecule has 2 aliphatic heterocycles. The minimum absolute atomic E-state index is 0.0537. The summed E-state index contributed by atoms with van der Waals surface area (Å²) in [6.07, 6.45) is -0.0681. The number of phenolic OH excluding ortho intramolecular Hbond substituents is 2. The first-order valence-corrected chi connectivity index (χ1v) is 14.8. The fraction of sp³-hybridized carbons (Fsp3) is 0.500. The average Bonchev–Trinajstić information content (AvgIpc) is 3.65. The summed E-state index contributed by atoms with van der Waals surface area (Å²) in [5.74, 6) is -4.33. The van der Waals surface area contributed by atoms with Crippen molar-refractivity contribution in [3.05, 3.63) is 53.9 Å². The largest absolute Gasteiger partial charge is 0.507 e. The van der Waals surface area contributed by atoms with Crippen LogP contribution in [0.2, 0.25) is 0 Å². The minimum atomic E-state index is -1.75. The molecule has 5 N–H and O–H groups in total. The van der Waals surface area contributed by atoms with E-state index in [0.29, 0.717) is 0 Å². The van der Waals surface area contributed by atoms with Gasteiger partial charge in [-0.15, -0.1) is 0 Å². The molecule has 12 nitrogen and oxygen atoms in total. The Balaban J connectivity index is 1.32. The number of benzene rings is 2. The van der Waals surface area contributed by atoms with Gasteiger partial charge in [0.25, 0.3) is 0 Å². The lowest BCUT2D eigenvalue weighted by Gasteiger charge is -2.50. The Morgan fingerprint density at radius 1 is 1.05 bits per heavy atom. The summed E-state index contributed by atoms with van der Waals surface area (Å²) in [7, 11) is 1.39. The average molecular weight is 610 g/mol. The van der Waals surface area contributed by atoms with E-state index < -0.39 is 83.4 Å². The van der Waals surface area contributed by atoms with E-state index in [-0.39, 0.29) is 53.5 Å². The van der Waals surface area contributed by atoms with Crippen LogP contribution >= 0.6 is 0 Å². The van der Waals surface area contributed by atoms with Gasteiger partial charge in [-0.1, -0.05) is 12.1 Å². The van der Waals surface area contributed by atoms with Gasteiger partial charge >= 0.3 is 0 Å². The van der Waals surface area contributed by atoms with Crippen molar-refractivity contribution in [2.24, 2.45) is 11.8 Å². The zero-order valence-corrected chi connectivity index (χ0v) is 24.3. The molecular formula is C32H35NO11.